The van der Waals surface area contributed by atoms with Gasteiger partial charge in [0.25, 0.3) is 0 Å². The van der Waals surface area contributed by atoms with E-state index in [0.29, 0.717) is 39.3 Å². The van der Waals surface area contributed by atoms with Gasteiger partial charge in [-0.15, -0.1) is 0 Å². The molecule has 1 aliphatic heterocycles. The highest BCUT2D eigenvalue weighted by Crippen LogP contribution is 2.40. The molecule has 3 rings (SSSR count). The minimum atomic E-state index is -0.177. The lowest BCUT2D eigenvalue weighted by Crippen LogP contribution is -2.42. The fourth-order valence-electron chi connectivity index (χ4n) is 2.59. The molecule has 112 valence electrons. The summed E-state index contributed by atoms with van der Waals surface area (Å²) in [5.41, 5.74) is 0.822. The summed E-state index contributed by atoms with van der Waals surface area (Å²) in [5.74, 6) is -0.278. The smallest absolute Gasteiger partial charge is 0.226 e. The monoisotopic (exact) mass is 289 g/mol. The molecule has 1 aromatic heterocycles. The zero-order valence-corrected chi connectivity index (χ0v) is 11.8. The second-order valence-corrected chi connectivity index (χ2v) is 5.43. The Labute approximate surface area is 123 Å². The Bertz CT molecular complexity index is 514. The number of aromatic nitrogens is 1. The first-order valence-corrected chi connectivity index (χ1v) is 7.30. The molecule has 0 radical (unpaired) electrons. The maximum absolute atomic E-state index is 12.2. The van der Waals surface area contributed by atoms with Crippen LogP contribution in [0.5, 0.6) is 0 Å². The summed E-state index contributed by atoms with van der Waals surface area (Å²) in [6, 6.07) is 5.59. The molecular formula is C15H19N3O3. The molecule has 1 saturated heterocycles. The number of pyridine rings is 1. The fourth-order valence-corrected chi connectivity index (χ4v) is 2.59. The van der Waals surface area contributed by atoms with Crippen LogP contribution >= 0.6 is 0 Å². The van der Waals surface area contributed by atoms with Gasteiger partial charge in [-0.05, 0) is 18.6 Å². The number of nitrogens with one attached hydrogen (secondary N) is 1. The van der Waals surface area contributed by atoms with E-state index < -0.39 is 0 Å². The van der Waals surface area contributed by atoms with Crippen LogP contribution < -0.4 is 5.32 Å². The summed E-state index contributed by atoms with van der Waals surface area (Å²) < 4.78 is 5.23. The second kappa shape index (κ2) is 6.22. The molecule has 2 unspecified atom stereocenters. The molecule has 2 aliphatic rings. The molecule has 1 saturated carbocycles. The molecule has 2 amide bonds. The van der Waals surface area contributed by atoms with E-state index in [1.54, 1.807) is 11.1 Å². The summed E-state index contributed by atoms with van der Waals surface area (Å²) >= 11 is 0. The van der Waals surface area contributed by atoms with Crippen LogP contribution in [0.25, 0.3) is 0 Å². The van der Waals surface area contributed by atoms with Gasteiger partial charge in [-0.25, -0.2) is 0 Å². The fraction of sp³-hybridized carbons (Fsp3) is 0.533. The minimum absolute atomic E-state index is 0.0488. The van der Waals surface area contributed by atoms with E-state index in [9.17, 15) is 9.59 Å². The van der Waals surface area contributed by atoms with Crippen LogP contribution in [0.4, 0.5) is 0 Å². The highest BCUT2D eigenvalue weighted by Gasteiger charge is 2.49. The first-order valence-electron chi connectivity index (χ1n) is 7.30. The second-order valence-electron chi connectivity index (χ2n) is 5.43. The normalized spacial score (nSPS) is 24.5. The van der Waals surface area contributed by atoms with E-state index in [2.05, 4.69) is 10.3 Å². The standard InChI is InChI=1S/C15H19N3O3/c19-14(17-10-11-3-1-2-4-16-11)12-9-13(12)15(20)18-5-7-21-8-6-18/h1-4,12-13H,5-10H2,(H,17,19). The van der Waals surface area contributed by atoms with E-state index in [-0.39, 0.29) is 23.7 Å². The topological polar surface area (TPSA) is 71.5 Å². The van der Waals surface area contributed by atoms with Crippen molar-refractivity contribution in [3.05, 3.63) is 30.1 Å². The number of hydrogen-bond acceptors (Lipinski definition) is 4. The Hall–Kier alpha value is -1.95. The Morgan fingerprint density at radius 3 is 2.81 bits per heavy atom. The van der Waals surface area contributed by atoms with Crippen molar-refractivity contribution < 1.29 is 14.3 Å². The number of hydrogen-bond donors (Lipinski definition) is 1. The van der Waals surface area contributed by atoms with Crippen molar-refractivity contribution in [3.63, 3.8) is 0 Å². The van der Waals surface area contributed by atoms with E-state index in [1.165, 1.54) is 0 Å². The van der Waals surface area contributed by atoms with E-state index >= 15 is 0 Å². The predicted molar refractivity (Wildman–Crippen MR) is 75.1 cm³/mol. The molecule has 6 heteroatoms. The third kappa shape index (κ3) is 3.39. The van der Waals surface area contributed by atoms with Crippen LogP contribution in [-0.4, -0.2) is 48.0 Å². The lowest BCUT2D eigenvalue weighted by atomic mass is 10.2. The van der Waals surface area contributed by atoms with Gasteiger partial charge < -0.3 is 15.0 Å². The van der Waals surface area contributed by atoms with Crippen molar-refractivity contribution in [2.24, 2.45) is 11.8 Å². The Morgan fingerprint density at radius 2 is 2.10 bits per heavy atom. The molecule has 1 N–H and O–H groups in total. The number of morpholine rings is 1. The van der Waals surface area contributed by atoms with Crippen LogP contribution in [0.1, 0.15) is 12.1 Å². The molecule has 21 heavy (non-hydrogen) atoms. The number of amides is 2. The third-order valence-corrected chi connectivity index (χ3v) is 3.94. The summed E-state index contributed by atoms with van der Waals surface area (Å²) in [6.07, 6.45) is 2.35. The van der Waals surface area contributed by atoms with Gasteiger partial charge in [-0.2, -0.15) is 0 Å². The highest BCUT2D eigenvalue weighted by molar-refractivity contribution is 5.92. The quantitative estimate of drug-likeness (QED) is 0.859. The maximum atomic E-state index is 12.2. The van der Waals surface area contributed by atoms with Crippen LogP contribution in [0, 0.1) is 11.8 Å². The van der Waals surface area contributed by atoms with Gasteiger partial charge in [0.2, 0.25) is 11.8 Å². The Balaban J connectivity index is 1.46. The average Bonchev–Trinajstić information content (AvgIpc) is 3.34. The van der Waals surface area contributed by atoms with Crippen molar-refractivity contribution in [1.29, 1.82) is 0 Å². The molecule has 6 nitrogen and oxygen atoms in total. The Kier molecular flexibility index (Phi) is 4.15. The Morgan fingerprint density at radius 1 is 1.29 bits per heavy atom. The SMILES string of the molecule is O=C(NCc1ccccn1)C1CC1C(=O)N1CCOCC1. The summed E-state index contributed by atoms with van der Waals surface area (Å²) in [7, 11) is 0. The molecular weight excluding hydrogens is 270 g/mol. The van der Waals surface area contributed by atoms with Crippen LogP contribution in [-0.2, 0) is 20.9 Å². The number of nitrogens with zero attached hydrogens (tertiary/aromatic N) is 2. The zero-order chi connectivity index (χ0) is 14.7. The molecule has 1 aromatic rings. The number of carbonyl (C=O) groups is 2. The molecule has 1 aliphatic carbocycles. The summed E-state index contributed by atoms with van der Waals surface area (Å²) in [5, 5.41) is 2.85. The lowest BCUT2D eigenvalue weighted by Gasteiger charge is -2.27. The van der Waals surface area contributed by atoms with E-state index in [4.69, 9.17) is 4.74 Å². The van der Waals surface area contributed by atoms with Gasteiger partial charge >= 0.3 is 0 Å². The summed E-state index contributed by atoms with van der Waals surface area (Å²) in [6.45, 7) is 2.87. The molecule has 2 fully saturated rings. The van der Waals surface area contributed by atoms with E-state index in [1.807, 2.05) is 18.2 Å². The third-order valence-electron chi connectivity index (χ3n) is 3.94. The molecule has 0 spiro atoms. The van der Waals surface area contributed by atoms with Crippen LogP contribution in [0.2, 0.25) is 0 Å². The number of rotatable bonds is 4. The largest absolute Gasteiger partial charge is 0.378 e. The predicted octanol–water partition coefficient (Wildman–Crippen LogP) is 0.193. The lowest BCUT2D eigenvalue weighted by molar-refractivity contribution is -0.138. The van der Waals surface area contributed by atoms with Gasteiger partial charge in [-0.3, -0.25) is 14.6 Å². The van der Waals surface area contributed by atoms with Crippen molar-refractivity contribution in [3.8, 4) is 0 Å². The molecule has 2 atom stereocenters. The molecule has 2 heterocycles. The highest BCUT2D eigenvalue weighted by atomic mass is 16.5. The van der Waals surface area contributed by atoms with E-state index in [0.717, 1.165) is 5.69 Å². The van der Waals surface area contributed by atoms with Gasteiger partial charge in [0.15, 0.2) is 0 Å². The maximum Gasteiger partial charge on any atom is 0.226 e. The molecule has 0 bridgehead atoms. The summed E-state index contributed by atoms with van der Waals surface area (Å²) in [4.78, 5) is 30.2. The van der Waals surface area contributed by atoms with Gasteiger partial charge in [0.1, 0.15) is 0 Å². The zero-order valence-electron chi connectivity index (χ0n) is 11.8. The van der Waals surface area contributed by atoms with Crippen molar-refractivity contribution >= 4 is 11.8 Å². The number of carbonyl (C=O) groups excluding carboxylic acids is 2. The molecule has 0 aromatic carbocycles. The number of ether oxygens (including phenoxy) is 1. The minimum Gasteiger partial charge on any atom is -0.378 e. The van der Waals surface area contributed by atoms with Crippen LogP contribution in [0.3, 0.4) is 0 Å². The van der Waals surface area contributed by atoms with Gasteiger partial charge in [0.05, 0.1) is 37.3 Å². The average molecular weight is 289 g/mol. The van der Waals surface area contributed by atoms with Crippen molar-refractivity contribution in [1.82, 2.24) is 15.2 Å². The van der Waals surface area contributed by atoms with Crippen LogP contribution in [0.15, 0.2) is 24.4 Å². The van der Waals surface area contributed by atoms with Crippen molar-refractivity contribution in [2.75, 3.05) is 26.3 Å². The van der Waals surface area contributed by atoms with Gasteiger partial charge in [0, 0.05) is 19.3 Å². The first kappa shape index (κ1) is 14.0. The van der Waals surface area contributed by atoms with Gasteiger partial charge in [-0.1, -0.05) is 6.07 Å². The first-order chi connectivity index (χ1) is 10.3. The van der Waals surface area contributed by atoms with Crippen molar-refractivity contribution in [2.45, 2.75) is 13.0 Å².